The Morgan fingerprint density at radius 2 is 0.882 bits per heavy atom. The fourth-order valence-corrected chi connectivity index (χ4v) is 12.7. The maximum atomic E-state index is 2.55. The summed E-state index contributed by atoms with van der Waals surface area (Å²) < 4.78 is 2.55. The number of aromatic nitrogens is 1. The zero-order valence-corrected chi connectivity index (χ0v) is 44.0. The van der Waals surface area contributed by atoms with Crippen LogP contribution in [-0.2, 0) is 5.41 Å². The first kappa shape index (κ1) is 45.7. The number of nitrogens with zero attached hydrogens (tertiary/aromatic N) is 3. The third-order valence-corrected chi connectivity index (χ3v) is 16.7. The summed E-state index contributed by atoms with van der Waals surface area (Å²) in [6, 6.07) is 88.5. The molecule has 0 atom stereocenters. The van der Waals surface area contributed by atoms with Crippen molar-refractivity contribution in [1.82, 2.24) is 4.40 Å². The van der Waals surface area contributed by atoms with Gasteiger partial charge in [0.05, 0.1) is 22.2 Å². The third kappa shape index (κ3) is 7.09. The van der Waals surface area contributed by atoms with Gasteiger partial charge in [0.2, 0.25) is 0 Å². The van der Waals surface area contributed by atoms with E-state index in [1.54, 1.807) is 0 Å². The number of fused-ring (bicyclic) bond motifs is 12. The Labute approximate surface area is 445 Å². The Morgan fingerprint density at radius 1 is 0.355 bits per heavy atom. The first-order valence-corrected chi connectivity index (χ1v) is 27.1. The molecule has 0 radical (unpaired) electrons. The maximum Gasteiger partial charge on any atom is 0.0641 e. The summed E-state index contributed by atoms with van der Waals surface area (Å²) in [5, 5.41) is 7.66. The summed E-state index contributed by atoms with van der Waals surface area (Å²) in [5.41, 5.74) is 23.1. The van der Waals surface area contributed by atoms with Crippen LogP contribution in [0.15, 0.2) is 237 Å². The molecule has 2 aromatic heterocycles. The number of rotatable bonds is 10. The molecule has 0 spiro atoms. The number of hydrogen-bond acceptors (Lipinski definition) is 2. The van der Waals surface area contributed by atoms with E-state index in [-0.39, 0.29) is 5.41 Å². The molecule has 13 aromatic rings. The quantitative estimate of drug-likeness (QED) is 0.135. The minimum Gasteiger partial charge on any atom is -0.310 e. The second-order valence-electron chi connectivity index (χ2n) is 22.1. The van der Waals surface area contributed by atoms with Crippen molar-refractivity contribution < 1.29 is 0 Å². The van der Waals surface area contributed by atoms with Gasteiger partial charge in [0.1, 0.15) is 0 Å². The van der Waals surface area contributed by atoms with Crippen molar-refractivity contribution in [3.05, 3.63) is 259 Å². The summed E-state index contributed by atoms with van der Waals surface area (Å²) in [6.07, 6.45) is 0. The molecule has 14 rings (SSSR count). The zero-order chi connectivity index (χ0) is 51.4. The Balaban J connectivity index is 0.953. The third-order valence-electron chi connectivity index (χ3n) is 16.7. The van der Waals surface area contributed by atoms with Gasteiger partial charge in [0.25, 0.3) is 0 Å². The van der Waals surface area contributed by atoms with E-state index in [0.29, 0.717) is 11.8 Å². The van der Waals surface area contributed by atoms with Gasteiger partial charge in [-0.1, -0.05) is 199 Å². The monoisotopic (exact) mass is 977 g/mol. The van der Waals surface area contributed by atoms with Crippen molar-refractivity contribution in [2.75, 3.05) is 9.80 Å². The lowest BCUT2D eigenvalue weighted by Crippen LogP contribution is -2.16. The van der Waals surface area contributed by atoms with Gasteiger partial charge in [-0.3, -0.25) is 0 Å². The molecule has 1 aliphatic rings. The standard InChI is InChI=1S/C73H59N3/c1-46(2)48-27-31-54(32-28-48)74(56-23-15-21-52(43-56)50-17-9-7-10-18-50)58-35-36-61-65(45-58)73(5,6)64-40-37-60-59(69(61)64)38-41-67-70(60)63-39-42-68(71-62-25-13-14-26-66(62)76(67)72(63)71)75(55-33-29-49(30-34-55)47(3)4)57-24-16-22-53(44-57)51-19-11-8-12-20-51/h7-47H,1-6H3. The first-order valence-electron chi connectivity index (χ1n) is 27.1. The van der Waals surface area contributed by atoms with Crippen LogP contribution < -0.4 is 9.80 Å². The average molecular weight is 978 g/mol. The molecule has 11 aromatic carbocycles. The van der Waals surface area contributed by atoms with Crippen LogP contribution in [0, 0.1) is 0 Å². The summed E-state index contributed by atoms with van der Waals surface area (Å²) in [5.74, 6) is 0.886. The van der Waals surface area contributed by atoms with E-state index in [9.17, 15) is 0 Å². The molecule has 366 valence electrons. The van der Waals surface area contributed by atoms with Crippen LogP contribution in [0.25, 0.3) is 82.2 Å². The minimum absolute atomic E-state index is 0.238. The van der Waals surface area contributed by atoms with Gasteiger partial charge < -0.3 is 14.2 Å². The molecule has 3 nitrogen and oxygen atoms in total. The highest BCUT2D eigenvalue weighted by atomic mass is 15.2. The molecule has 76 heavy (non-hydrogen) atoms. The largest absolute Gasteiger partial charge is 0.310 e. The van der Waals surface area contributed by atoms with Crippen molar-refractivity contribution in [1.29, 1.82) is 0 Å². The molecule has 3 heteroatoms. The van der Waals surface area contributed by atoms with Crippen LogP contribution in [0.3, 0.4) is 0 Å². The molecule has 0 unspecified atom stereocenters. The Kier molecular flexibility index (Phi) is 10.6. The van der Waals surface area contributed by atoms with E-state index in [1.807, 2.05) is 0 Å². The van der Waals surface area contributed by atoms with Crippen molar-refractivity contribution in [2.45, 2.75) is 58.8 Å². The lowest BCUT2D eigenvalue weighted by atomic mass is 9.81. The van der Waals surface area contributed by atoms with Crippen LogP contribution in [0.5, 0.6) is 0 Å². The van der Waals surface area contributed by atoms with E-state index < -0.39 is 0 Å². The molecule has 0 bridgehead atoms. The summed E-state index contributed by atoms with van der Waals surface area (Å²) in [6.45, 7) is 13.9. The molecular weight excluding hydrogens is 919 g/mol. The van der Waals surface area contributed by atoms with Crippen LogP contribution in [-0.4, -0.2) is 4.40 Å². The molecule has 0 saturated heterocycles. The maximum absolute atomic E-state index is 2.55. The molecule has 0 amide bonds. The van der Waals surface area contributed by atoms with Gasteiger partial charge in [0.15, 0.2) is 0 Å². The lowest BCUT2D eigenvalue weighted by Gasteiger charge is -2.28. The predicted molar refractivity (Wildman–Crippen MR) is 325 cm³/mol. The SMILES string of the molecule is CC(C)c1ccc(N(c2cccc(-c3ccccc3)c2)c2ccc3c(c2)C(C)(C)c2ccc4c(ccc5c4c4ccc(N(c6ccc(C(C)C)cc6)c6cccc(-c7ccccc7)c6)c6c7ccccc7n5c46)c2-3)cc1. The molecule has 0 aliphatic heterocycles. The summed E-state index contributed by atoms with van der Waals surface area (Å²) in [4.78, 5) is 4.92. The van der Waals surface area contributed by atoms with Crippen molar-refractivity contribution in [3.63, 3.8) is 0 Å². The lowest BCUT2D eigenvalue weighted by molar-refractivity contribution is 0.661. The highest BCUT2D eigenvalue weighted by Gasteiger charge is 2.38. The van der Waals surface area contributed by atoms with Gasteiger partial charge in [-0.25, -0.2) is 0 Å². The van der Waals surface area contributed by atoms with Crippen molar-refractivity contribution in [3.8, 4) is 33.4 Å². The molecule has 0 fully saturated rings. The molecular formula is C73H59N3. The Bertz CT molecular complexity index is 4350. The highest BCUT2D eigenvalue weighted by molar-refractivity contribution is 6.32. The summed E-state index contributed by atoms with van der Waals surface area (Å²) in [7, 11) is 0. The van der Waals surface area contributed by atoms with Crippen LogP contribution >= 0.6 is 0 Å². The number of benzene rings is 11. The van der Waals surface area contributed by atoms with E-state index >= 15 is 0 Å². The number of para-hydroxylation sites is 1. The van der Waals surface area contributed by atoms with Gasteiger partial charge in [-0.15, -0.1) is 0 Å². The average Bonchev–Trinajstić information content (AvgIpc) is 4.29. The van der Waals surface area contributed by atoms with E-state index in [2.05, 4.69) is 292 Å². The van der Waals surface area contributed by atoms with Crippen LogP contribution in [0.1, 0.15) is 75.6 Å². The van der Waals surface area contributed by atoms with Crippen LogP contribution in [0.4, 0.5) is 34.1 Å². The second-order valence-corrected chi connectivity index (χ2v) is 22.1. The Hall–Kier alpha value is -8.92. The van der Waals surface area contributed by atoms with Gasteiger partial charge in [-0.05, 0) is 157 Å². The Morgan fingerprint density at radius 3 is 1.51 bits per heavy atom. The highest BCUT2D eigenvalue weighted by Crippen LogP contribution is 2.55. The smallest absolute Gasteiger partial charge is 0.0641 e. The van der Waals surface area contributed by atoms with E-state index in [1.165, 1.54) is 105 Å². The summed E-state index contributed by atoms with van der Waals surface area (Å²) >= 11 is 0. The molecule has 2 heterocycles. The number of anilines is 6. The fourth-order valence-electron chi connectivity index (χ4n) is 12.7. The van der Waals surface area contributed by atoms with E-state index in [4.69, 9.17) is 0 Å². The van der Waals surface area contributed by atoms with E-state index in [0.717, 1.165) is 34.1 Å². The van der Waals surface area contributed by atoms with Crippen molar-refractivity contribution in [2.24, 2.45) is 0 Å². The minimum atomic E-state index is -0.238. The van der Waals surface area contributed by atoms with Gasteiger partial charge in [0, 0.05) is 55.4 Å². The first-order chi connectivity index (χ1) is 37.1. The molecule has 1 aliphatic carbocycles. The van der Waals surface area contributed by atoms with Gasteiger partial charge in [-0.2, -0.15) is 0 Å². The fraction of sp³-hybridized carbons (Fsp3) is 0.123. The topological polar surface area (TPSA) is 10.9 Å². The predicted octanol–water partition coefficient (Wildman–Crippen LogP) is 20.8. The normalized spacial score (nSPS) is 12.9. The number of hydrogen-bond donors (Lipinski definition) is 0. The van der Waals surface area contributed by atoms with Gasteiger partial charge >= 0.3 is 0 Å². The zero-order valence-electron chi connectivity index (χ0n) is 44.0. The second kappa shape index (κ2) is 17.6. The van der Waals surface area contributed by atoms with Crippen LogP contribution in [0.2, 0.25) is 0 Å². The molecule has 0 saturated carbocycles. The van der Waals surface area contributed by atoms with Crippen molar-refractivity contribution >= 4 is 83.0 Å². The molecule has 0 N–H and O–H groups in total.